The molecule has 2 amide bonds. The fourth-order valence-electron chi connectivity index (χ4n) is 6.55. The van der Waals surface area contributed by atoms with E-state index in [9.17, 15) is 9.59 Å². The highest BCUT2D eigenvalue weighted by Crippen LogP contribution is 2.42. The van der Waals surface area contributed by atoms with Crippen LogP contribution in [-0.4, -0.2) is 44.5 Å². The van der Waals surface area contributed by atoms with Crippen molar-refractivity contribution in [2.75, 3.05) is 11.4 Å². The zero-order chi connectivity index (χ0) is 26.7. The number of aryl methyl sites for hydroxylation is 1. The first kappa shape index (κ1) is 24.7. The average molecular weight is 509 g/mol. The smallest absolute Gasteiger partial charge is 0.266 e. The van der Waals surface area contributed by atoms with Crippen LogP contribution in [0.5, 0.6) is 0 Å². The Balaban J connectivity index is 1.41. The van der Waals surface area contributed by atoms with E-state index in [1.54, 1.807) is 0 Å². The minimum Gasteiger partial charge on any atom is -0.353 e. The van der Waals surface area contributed by atoms with Crippen molar-refractivity contribution in [2.45, 2.75) is 59.0 Å². The number of benzene rings is 1. The number of fused-ring (bicyclic) bond motifs is 4. The van der Waals surface area contributed by atoms with Crippen LogP contribution in [0.4, 0.5) is 5.69 Å². The molecule has 0 spiro atoms. The number of rotatable bonds is 6. The van der Waals surface area contributed by atoms with E-state index in [0.29, 0.717) is 23.6 Å². The van der Waals surface area contributed by atoms with Gasteiger partial charge in [0, 0.05) is 72.0 Å². The van der Waals surface area contributed by atoms with Gasteiger partial charge in [-0.3, -0.25) is 14.5 Å². The van der Waals surface area contributed by atoms with Gasteiger partial charge < -0.3 is 9.13 Å². The number of carbonyl (C=O) groups excluding carboxylic acids is 2. The van der Waals surface area contributed by atoms with Gasteiger partial charge in [0.1, 0.15) is 0 Å². The second-order valence-electron chi connectivity index (χ2n) is 11.4. The lowest BCUT2D eigenvalue weighted by molar-refractivity contribution is -0.119. The Bertz CT molecular complexity index is 1540. The van der Waals surface area contributed by atoms with Crippen LogP contribution in [-0.2, 0) is 29.5 Å². The summed E-state index contributed by atoms with van der Waals surface area (Å²) in [6, 6.07) is 8.97. The third-order valence-corrected chi connectivity index (χ3v) is 8.33. The molecule has 0 N–H and O–H groups in total. The molecular formula is C32H36N4O2. The monoisotopic (exact) mass is 508 g/mol. The summed E-state index contributed by atoms with van der Waals surface area (Å²) in [7, 11) is 2.02. The normalized spacial score (nSPS) is 18.9. The standard InChI is InChI=1S/C32H36N4O2/c1-20(2)35(21(3)4)18-22-14-15-34-28-13-9-7-11-24(28)31(29(34)16-22)36-30(37)17-25(32(36)38)26-19-33(5)27-12-8-6-10-23(26)27/h6-7,9-11,13-15,17,19-22H,8,12,16,18H2,1-5H3. The summed E-state index contributed by atoms with van der Waals surface area (Å²) >= 11 is 0. The number of amides is 2. The Morgan fingerprint density at radius 2 is 1.82 bits per heavy atom. The molecule has 2 aromatic heterocycles. The van der Waals surface area contributed by atoms with Crippen LogP contribution in [0.2, 0.25) is 0 Å². The molecule has 1 atom stereocenters. The summed E-state index contributed by atoms with van der Waals surface area (Å²) in [6.07, 6.45) is 14.9. The topological polar surface area (TPSA) is 50.5 Å². The molecule has 3 aromatic rings. The Labute approximate surface area is 224 Å². The van der Waals surface area contributed by atoms with Crippen molar-refractivity contribution in [3.63, 3.8) is 0 Å². The van der Waals surface area contributed by atoms with Crippen molar-refractivity contribution < 1.29 is 9.59 Å². The van der Waals surface area contributed by atoms with E-state index in [2.05, 4.69) is 72.2 Å². The largest absolute Gasteiger partial charge is 0.353 e. The van der Waals surface area contributed by atoms with Crippen LogP contribution in [0.15, 0.2) is 48.7 Å². The quantitative estimate of drug-likeness (QED) is 0.404. The minimum absolute atomic E-state index is 0.237. The first-order valence-corrected chi connectivity index (χ1v) is 13.8. The van der Waals surface area contributed by atoms with Crippen molar-refractivity contribution >= 4 is 46.3 Å². The van der Waals surface area contributed by atoms with Crippen LogP contribution in [0.3, 0.4) is 0 Å². The van der Waals surface area contributed by atoms with E-state index in [4.69, 9.17) is 0 Å². The van der Waals surface area contributed by atoms with E-state index < -0.39 is 0 Å². The molecule has 38 heavy (non-hydrogen) atoms. The van der Waals surface area contributed by atoms with E-state index in [1.807, 2.05) is 31.4 Å². The first-order chi connectivity index (χ1) is 18.3. The summed E-state index contributed by atoms with van der Waals surface area (Å²) in [6.45, 7) is 9.88. The van der Waals surface area contributed by atoms with Gasteiger partial charge in [0.2, 0.25) is 0 Å². The predicted octanol–water partition coefficient (Wildman–Crippen LogP) is 5.66. The Hall–Kier alpha value is -3.64. The van der Waals surface area contributed by atoms with Gasteiger partial charge in [0.05, 0.1) is 16.8 Å². The van der Waals surface area contributed by atoms with Gasteiger partial charge in [-0.15, -0.1) is 0 Å². The Morgan fingerprint density at radius 1 is 1.05 bits per heavy atom. The maximum atomic E-state index is 14.0. The SMILES string of the molecule is CC(C)N(CC1C=Cn2c(c(N3C(=O)C=C(c4cn(C)c5c4C=CCC5)C3=O)c3ccccc32)C1)C(C)C. The number of nitrogens with zero attached hydrogens (tertiary/aromatic N) is 4. The lowest BCUT2D eigenvalue weighted by Crippen LogP contribution is -2.41. The van der Waals surface area contributed by atoms with Gasteiger partial charge in [-0.25, -0.2) is 4.90 Å². The summed E-state index contributed by atoms with van der Waals surface area (Å²) < 4.78 is 4.26. The first-order valence-electron chi connectivity index (χ1n) is 13.8. The molecule has 0 saturated carbocycles. The average Bonchev–Trinajstić information content (AvgIpc) is 3.50. The summed E-state index contributed by atoms with van der Waals surface area (Å²) in [5.74, 6) is -0.209. The van der Waals surface area contributed by atoms with Crippen LogP contribution in [0.25, 0.3) is 28.8 Å². The Morgan fingerprint density at radius 3 is 2.58 bits per heavy atom. The molecule has 3 aliphatic rings. The molecule has 0 bridgehead atoms. The molecule has 0 fully saturated rings. The van der Waals surface area contributed by atoms with Crippen molar-refractivity contribution in [3.05, 3.63) is 71.2 Å². The van der Waals surface area contributed by atoms with Gasteiger partial charge >= 0.3 is 0 Å². The molecule has 1 unspecified atom stereocenters. The molecule has 4 heterocycles. The second-order valence-corrected chi connectivity index (χ2v) is 11.4. The summed E-state index contributed by atoms with van der Waals surface area (Å²) in [5.41, 5.74) is 6.37. The highest BCUT2D eigenvalue weighted by molar-refractivity contribution is 6.45. The van der Waals surface area contributed by atoms with Crippen LogP contribution in [0.1, 0.15) is 56.6 Å². The van der Waals surface area contributed by atoms with Crippen molar-refractivity contribution in [3.8, 4) is 0 Å². The number of allylic oxidation sites excluding steroid dienone is 1. The van der Waals surface area contributed by atoms with E-state index in [1.165, 1.54) is 16.7 Å². The maximum Gasteiger partial charge on any atom is 0.266 e. The zero-order valence-corrected chi connectivity index (χ0v) is 22.9. The highest BCUT2D eigenvalue weighted by atomic mass is 16.2. The lowest BCUT2D eigenvalue weighted by Gasteiger charge is -2.34. The fourth-order valence-corrected chi connectivity index (χ4v) is 6.55. The maximum absolute atomic E-state index is 14.0. The van der Waals surface area contributed by atoms with Crippen molar-refractivity contribution in [2.24, 2.45) is 13.0 Å². The van der Waals surface area contributed by atoms with Gasteiger partial charge in [0.15, 0.2) is 0 Å². The number of hydrogen-bond donors (Lipinski definition) is 0. The molecule has 0 radical (unpaired) electrons. The lowest BCUT2D eigenvalue weighted by atomic mass is 9.97. The van der Waals surface area contributed by atoms with Crippen molar-refractivity contribution in [1.29, 1.82) is 0 Å². The molecule has 6 rings (SSSR count). The Kier molecular flexibility index (Phi) is 6.03. The molecule has 1 aliphatic carbocycles. The predicted molar refractivity (Wildman–Crippen MR) is 155 cm³/mol. The second kappa shape index (κ2) is 9.28. The molecule has 2 aliphatic heterocycles. The van der Waals surface area contributed by atoms with E-state index in [-0.39, 0.29) is 11.8 Å². The molecule has 6 nitrogen and oxygen atoms in total. The molecule has 196 valence electrons. The van der Waals surface area contributed by atoms with E-state index in [0.717, 1.165) is 59.2 Å². The molecule has 1 aromatic carbocycles. The molecular weight excluding hydrogens is 472 g/mol. The van der Waals surface area contributed by atoms with Crippen LogP contribution >= 0.6 is 0 Å². The number of carbonyl (C=O) groups is 2. The minimum atomic E-state index is -0.265. The van der Waals surface area contributed by atoms with Gasteiger partial charge in [0.25, 0.3) is 11.8 Å². The summed E-state index contributed by atoms with van der Waals surface area (Å²) in [5, 5.41) is 0.934. The number of aromatic nitrogens is 2. The zero-order valence-electron chi connectivity index (χ0n) is 22.9. The third-order valence-electron chi connectivity index (χ3n) is 8.33. The van der Waals surface area contributed by atoms with Crippen LogP contribution < -0.4 is 4.90 Å². The number of para-hydroxylation sites is 1. The van der Waals surface area contributed by atoms with E-state index >= 15 is 0 Å². The number of imide groups is 1. The van der Waals surface area contributed by atoms with Gasteiger partial charge in [-0.1, -0.05) is 36.4 Å². The highest BCUT2D eigenvalue weighted by Gasteiger charge is 2.39. The van der Waals surface area contributed by atoms with Crippen LogP contribution in [0, 0.1) is 5.92 Å². The van der Waals surface area contributed by atoms with Gasteiger partial charge in [-0.05, 0) is 58.9 Å². The van der Waals surface area contributed by atoms with Crippen molar-refractivity contribution in [1.82, 2.24) is 14.0 Å². The molecule has 0 saturated heterocycles. The molecule has 6 heteroatoms. The van der Waals surface area contributed by atoms with Gasteiger partial charge in [-0.2, -0.15) is 0 Å². The number of hydrogen-bond acceptors (Lipinski definition) is 3. The number of anilines is 1. The summed E-state index contributed by atoms with van der Waals surface area (Å²) in [4.78, 5) is 31.6. The third kappa shape index (κ3) is 3.81. The fraction of sp³-hybridized carbons (Fsp3) is 0.375.